The fourth-order valence-corrected chi connectivity index (χ4v) is 3.97. The lowest BCUT2D eigenvalue weighted by Gasteiger charge is -2.39. The Kier molecular flexibility index (Phi) is 3.68. The molecule has 2 saturated heterocycles. The van der Waals surface area contributed by atoms with Crippen molar-refractivity contribution in [2.45, 2.75) is 25.5 Å². The number of para-hydroxylation sites is 1. The number of ether oxygens (including phenoxy) is 2. The van der Waals surface area contributed by atoms with Crippen LogP contribution in [0.2, 0.25) is 0 Å². The van der Waals surface area contributed by atoms with E-state index in [0.29, 0.717) is 13.2 Å². The second-order valence-corrected chi connectivity index (χ2v) is 6.94. The summed E-state index contributed by atoms with van der Waals surface area (Å²) in [5.41, 5.74) is 1.64. The highest BCUT2D eigenvalue weighted by atomic mass is 16.6. The standard InChI is InChI=1S/C18H22N6O2/c1-2-24-16(15-13-5-3-4-6-14(13)19-20-15)21-22-17(24)23-8-10-26-18(11-23)7-9-25-12-18/h3-6H,2,7-12H2,1H3,(H,19,20). The van der Waals surface area contributed by atoms with E-state index in [1.54, 1.807) is 0 Å². The van der Waals surface area contributed by atoms with E-state index >= 15 is 0 Å². The van der Waals surface area contributed by atoms with Crippen LogP contribution in [0.3, 0.4) is 0 Å². The lowest BCUT2D eigenvalue weighted by atomic mass is 10.0. The van der Waals surface area contributed by atoms with Crippen LogP contribution >= 0.6 is 0 Å². The van der Waals surface area contributed by atoms with Gasteiger partial charge in [0, 0.05) is 31.5 Å². The third-order valence-corrected chi connectivity index (χ3v) is 5.33. The Labute approximate surface area is 151 Å². The molecule has 0 amide bonds. The van der Waals surface area contributed by atoms with Gasteiger partial charge in [0.25, 0.3) is 0 Å². The topological polar surface area (TPSA) is 81.1 Å². The predicted molar refractivity (Wildman–Crippen MR) is 97.1 cm³/mol. The number of aromatic amines is 1. The molecule has 2 fully saturated rings. The summed E-state index contributed by atoms with van der Waals surface area (Å²) in [6.45, 7) is 6.58. The number of H-pyrrole nitrogens is 1. The zero-order valence-electron chi connectivity index (χ0n) is 14.8. The van der Waals surface area contributed by atoms with Gasteiger partial charge in [-0.05, 0) is 13.0 Å². The van der Waals surface area contributed by atoms with Crippen LogP contribution in [0.5, 0.6) is 0 Å². The predicted octanol–water partition coefficient (Wildman–Crippen LogP) is 1.84. The zero-order chi connectivity index (χ0) is 17.6. The molecule has 5 rings (SSSR count). The van der Waals surface area contributed by atoms with Gasteiger partial charge in [0.2, 0.25) is 5.95 Å². The molecule has 2 aliphatic heterocycles. The van der Waals surface area contributed by atoms with E-state index in [-0.39, 0.29) is 5.60 Å². The SMILES string of the molecule is CCn1c(-c2n[nH]c3ccccc23)nnc1N1CCOC2(CCOC2)C1. The molecule has 8 nitrogen and oxygen atoms in total. The Bertz CT molecular complexity index is 927. The van der Waals surface area contributed by atoms with Crippen LogP contribution in [0.15, 0.2) is 24.3 Å². The van der Waals surface area contributed by atoms with Crippen LogP contribution < -0.4 is 4.90 Å². The van der Waals surface area contributed by atoms with Crippen molar-refractivity contribution in [3.63, 3.8) is 0 Å². The van der Waals surface area contributed by atoms with Gasteiger partial charge >= 0.3 is 0 Å². The number of hydrogen-bond donors (Lipinski definition) is 1. The molecule has 2 aromatic heterocycles. The molecule has 4 heterocycles. The van der Waals surface area contributed by atoms with Gasteiger partial charge in [-0.3, -0.25) is 9.67 Å². The lowest BCUT2D eigenvalue weighted by Crippen LogP contribution is -2.53. The van der Waals surface area contributed by atoms with Crippen molar-refractivity contribution in [3.8, 4) is 11.5 Å². The van der Waals surface area contributed by atoms with Gasteiger partial charge in [0.1, 0.15) is 11.3 Å². The Morgan fingerprint density at radius 2 is 2.15 bits per heavy atom. The number of morpholine rings is 1. The number of fused-ring (bicyclic) bond motifs is 1. The Balaban J connectivity index is 1.53. The molecular formula is C18H22N6O2. The lowest BCUT2D eigenvalue weighted by molar-refractivity contribution is -0.0584. The maximum absolute atomic E-state index is 6.05. The molecule has 3 aromatic rings. The average Bonchev–Trinajstić information content (AvgIpc) is 3.39. The monoisotopic (exact) mass is 354 g/mol. The van der Waals surface area contributed by atoms with Crippen LogP contribution in [-0.4, -0.2) is 63.5 Å². The van der Waals surface area contributed by atoms with Gasteiger partial charge in [-0.15, -0.1) is 10.2 Å². The van der Waals surface area contributed by atoms with Gasteiger partial charge in [0.05, 0.1) is 25.3 Å². The summed E-state index contributed by atoms with van der Waals surface area (Å²) in [4.78, 5) is 2.27. The molecule has 1 N–H and O–H groups in total. The van der Waals surface area contributed by atoms with Crippen molar-refractivity contribution in [1.82, 2.24) is 25.0 Å². The molecule has 0 saturated carbocycles. The molecule has 0 radical (unpaired) electrons. The van der Waals surface area contributed by atoms with E-state index in [4.69, 9.17) is 9.47 Å². The Morgan fingerprint density at radius 1 is 1.23 bits per heavy atom. The van der Waals surface area contributed by atoms with Crippen molar-refractivity contribution in [2.24, 2.45) is 0 Å². The van der Waals surface area contributed by atoms with Crippen molar-refractivity contribution in [1.29, 1.82) is 0 Å². The van der Waals surface area contributed by atoms with Gasteiger partial charge in [0.15, 0.2) is 5.82 Å². The minimum atomic E-state index is -0.206. The fourth-order valence-electron chi connectivity index (χ4n) is 3.97. The van der Waals surface area contributed by atoms with Gasteiger partial charge in [-0.1, -0.05) is 18.2 Å². The second-order valence-electron chi connectivity index (χ2n) is 6.94. The molecule has 0 aliphatic carbocycles. The first kappa shape index (κ1) is 15.8. The summed E-state index contributed by atoms with van der Waals surface area (Å²) in [5.74, 6) is 1.67. The number of nitrogens with one attached hydrogen (secondary N) is 1. The number of hydrogen-bond acceptors (Lipinski definition) is 6. The number of anilines is 1. The van der Waals surface area contributed by atoms with Crippen molar-refractivity contribution in [3.05, 3.63) is 24.3 Å². The van der Waals surface area contributed by atoms with E-state index in [9.17, 15) is 0 Å². The largest absolute Gasteiger partial charge is 0.378 e. The Morgan fingerprint density at radius 3 is 3.00 bits per heavy atom. The maximum Gasteiger partial charge on any atom is 0.227 e. The molecule has 1 aromatic carbocycles. The van der Waals surface area contributed by atoms with E-state index in [1.165, 1.54) is 0 Å². The molecule has 26 heavy (non-hydrogen) atoms. The number of nitrogens with zero attached hydrogens (tertiary/aromatic N) is 5. The average molecular weight is 354 g/mol. The number of benzene rings is 1. The van der Waals surface area contributed by atoms with Crippen molar-refractivity contribution >= 4 is 16.9 Å². The summed E-state index contributed by atoms with van der Waals surface area (Å²) in [6, 6.07) is 8.09. The number of rotatable bonds is 3. The molecule has 0 bridgehead atoms. The summed E-state index contributed by atoms with van der Waals surface area (Å²) < 4.78 is 13.8. The molecule has 2 aliphatic rings. The van der Waals surface area contributed by atoms with Crippen molar-refractivity contribution in [2.75, 3.05) is 37.8 Å². The third kappa shape index (κ3) is 2.40. The van der Waals surface area contributed by atoms with Gasteiger partial charge in [-0.25, -0.2) is 0 Å². The van der Waals surface area contributed by atoms with E-state index in [0.717, 1.165) is 61.0 Å². The van der Waals surface area contributed by atoms with Crippen LogP contribution in [0.4, 0.5) is 5.95 Å². The maximum atomic E-state index is 6.05. The summed E-state index contributed by atoms with van der Waals surface area (Å²) >= 11 is 0. The molecule has 1 unspecified atom stereocenters. The molecule has 1 spiro atoms. The summed E-state index contributed by atoms with van der Waals surface area (Å²) in [5, 5.41) is 17.6. The molecule has 1 atom stereocenters. The third-order valence-electron chi connectivity index (χ3n) is 5.33. The second kappa shape index (κ2) is 6.07. The van der Waals surface area contributed by atoms with E-state index < -0.39 is 0 Å². The fraction of sp³-hybridized carbons (Fsp3) is 0.500. The highest BCUT2D eigenvalue weighted by Crippen LogP contribution is 2.32. The van der Waals surface area contributed by atoms with Gasteiger partial charge in [-0.2, -0.15) is 5.10 Å². The van der Waals surface area contributed by atoms with Crippen LogP contribution in [0.25, 0.3) is 22.4 Å². The van der Waals surface area contributed by atoms with Crippen LogP contribution in [0.1, 0.15) is 13.3 Å². The minimum Gasteiger partial charge on any atom is -0.378 e. The normalized spacial score (nSPS) is 23.3. The van der Waals surface area contributed by atoms with Gasteiger partial charge < -0.3 is 14.4 Å². The molecule has 136 valence electrons. The van der Waals surface area contributed by atoms with Crippen LogP contribution in [-0.2, 0) is 16.0 Å². The quantitative estimate of drug-likeness (QED) is 0.773. The first-order valence-corrected chi connectivity index (χ1v) is 9.13. The number of aromatic nitrogens is 5. The molecule has 8 heteroatoms. The highest BCUT2D eigenvalue weighted by Gasteiger charge is 2.41. The smallest absolute Gasteiger partial charge is 0.227 e. The van der Waals surface area contributed by atoms with E-state index in [1.807, 2.05) is 18.2 Å². The highest BCUT2D eigenvalue weighted by molar-refractivity contribution is 5.91. The minimum absolute atomic E-state index is 0.206. The van der Waals surface area contributed by atoms with Crippen LogP contribution in [0, 0.1) is 0 Å². The Hall–Kier alpha value is -2.45. The summed E-state index contributed by atoms with van der Waals surface area (Å²) in [6.07, 6.45) is 0.931. The zero-order valence-corrected chi connectivity index (χ0v) is 14.8. The first-order chi connectivity index (χ1) is 12.8. The van der Waals surface area contributed by atoms with E-state index in [2.05, 4.69) is 42.9 Å². The summed E-state index contributed by atoms with van der Waals surface area (Å²) in [7, 11) is 0. The first-order valence-electron chi connectivity index (χ1n) is 9.13. The van der Waals surface area contributed by atoms with Crippen molar-refractivity contribution < 1.29 is 9.47 Å². The molecular weight excluding hydrogens is 332 g/mol.